The number of aryl methyl sites for hydroxylation is 1. The molecule has 2 aromatic heterocycles. The first-order valence-corrected chi connectivity index (χ1v) is 13.4. The molecule has 0 aromatic carbocycles. The largest absolute Gasteiger partial charge is 0.348 e. The molecule has 0 saturated carbocycles. The zero-order valence-electron chi connectivity index (χ0n) is 18.4. The van der Waals surface area contributed by atoms with Gasteiger partial charge in [-0.15, -0.1) is 11.3 Å². The third-order valence-electron chi connectivity index (χ3n) is 5.90. The highest BCUT2D eigenvalue weighted by molar-refractivity contribution is 7.91. The summed E-state index contributed by atoms with van der Waals surface area (Å²) >= 11 is 1.33. The number of hydrazone groups is 1. The normalized spacial score (nSPS) is 20.5. The van der Waals surface area contributed by atoms with E-state index in [-0.39, 0.29) is 36.0 Å². The SMILES string of the molecule is CCCn1c(C)cc(-c2csc(NC(=O)C3=NN([C@H]4CCS(=O)(=O)C4)C(=O)CC3)n2)c1C. The van der Waals surface area contributed by atoms with Crippen molar-refractivity contribution < 1.29 is 18.0 Å². The molecule has 2 amide bonds. The van der Waals surface area contributed by atoms with Crippen molar-refractivity contribution in [1.29, 1.82) is 0 Å². The Kier molecular flexibility index (Phi) is 6.22. The number of aromatic nitrogens is 2. The number of nitrogens with one attached hydrogen (secondary N) is 1. The van der Waals surface area contributed by atoms with Crippen LogP contribution < -0.4 is 5.32 Å². The van der Waals surface area contributed by atoms with Crippen LogP contribution in [0.4, 0.5) is 5.13 Å². The Balaban J connectivity index is 1.49. The Labute approximate surface area is 191 Å². The van der Waals surface area contributed by atoms with E-state index in [1.807, 2.05) is 5.38 Å². The first-order valence-electron chi connectivity index (χ1n) is 10.7. The van der Waals surface area contributed by atoms with Gasteiger partial charge in [-0.05, 0) is 32.8 Å². The fraction of sp³-hybridized carbons (Fsp3) is 0.524. The highest BCUT2D eigenvalue weighted by Crippen LogP contribution is 2.30. The first-order chi connectivity index (χ1) is 15.2. The molecule has 4 heterocycles. The van der Waals surface area contributed by atoms with Gasteiger partial charge in [-0.2, -0.15) is 5.10 Å². The Morgan fingerprint density at radius 1 is 1.31 bits per heavy atom. The predicted octanol–water partition coefficient (Wildman–Crippen LogP) is 2.74. The second kappa shape index (κ2) is 8.78. The van der Waals surface area contributed by atoms with Crippen LogP contribution in [-0.2, 0) is 26.0 Å². The lowest BCUT2D eigenvalue weighted by Crippen LogP contribution is -2.42. The van der Waals surface area contributed by atoms with Crippen LogP contribution in [0.5, 0.6) is 0 Å². The lowest BCUT2D eigenvalue weighted by molar-refractivity contribution is -0.133. The molecule has 32 heavy (non-hydrogen) atoms. The summed E-state index contributed by atoms with van der Waals surface area (Å²) in [4.78, 5) is 29.6. The van der Waals surface area contributed by atoms with Crippen molar-refractivity contribution in [3.8, 4) is 11.3 Å². The van der Waals surface area contributed by atoms with E-state index in [0.717, 1.165) is 29.9 Å². The van der Waals surface area contributed by atoms with Crippen LogP contribution in [-0.4, -0.2) is 58.1 Å². The smallest absolute Gasteiger partial charge is 0.273 e. The summed E-state index contributed by atoms with van der Waals surface area (Å²) in [6, 6.07) is 1.61. The summed E-state index contributed by atoms with van der Waals surface area (Å²) in [5, 5.41) is 10.6. The molecule has 4 rings (SSSR count). The fourth-order valence-corrected chi connectivity index (χ4v) is 6.64. The number of carbonyl (C=O) groups is 2. The molecule has 0 spiro atoms. The second-order valence-corrected chi connectivity index (χ2v) is 11.4. The summed E-state index contributed by atoms with van der Waals surface area (Å²) in [5.74, 6) is -0.730. The lowest BCUT2D eigenvalue weighted by Gasteiger charge is -2.27. The number of anilines is 1. The average Bonchev–Trinajstić information content (AvgIpc) is 3.42. The van der Waals surface area contributed by atoms with E-state index in [2.05, 4.69) is 46.8 Å². The van der Waals surface area contributed by atoms with Gasteiger partial charge in [0.1, 0.15) is 5.71 Å². The van der Waals surface area contributed by atoms with E-state index < -0.39 is 21.8 Å². The molecule has 1 atom stereocenters. The molecule has 2 aliphatic rings. The van der Waals surface area contributed by atoms with Crippen molar-refractivity contribution in [2.75, 3.05) is 16.8 Å². The van der Waals surface area contributed by atoms with E-state index in [1.54, 1.807) is 0 Å². The number of hydrogen-bond acceptors (Lipinski definition) is 7. The Bertz CT molecular complexity index is 1190. The third-order valence-corrected chi connectivity index (χ3v) is 8.41. The van der Waals surface area contributed by atoms with Crippen molar-refractivity contribution in [2.24, 2.45) is 5.10 Å². The van der Waals surface area contributed by atoms with Crippen LogP contribution >= 0.6 is 11.3 Å². The first kappa shape index (κ1) is 22.7. The van der Waals surface area contributed by atoms with Crippen LogP contribution in [0.2, 0.25) is 0 Å². The van der Waals surface area contributed by atoms with Crippen LogP contribution in [0.25, 0.3) is 11.3 Å². The number of carbonyl (C=O) groups excluding carboxylic acids is 2. The van der Waals surface area contributed by atoms with E-state index in [9.17, 15) is 18.0 Å². The third kappa shape index (κ3) is 4.49. The molecule has 1 fully saturated rings. The Morgan fingerprint density at radius 2 is 2.09 bits per heavy atom. The minimum absolute atomic E-state index is 0.0409. The number of nitrogens with zero attached hydrogens (tertiary/aromatic N) is 4. The van der Waals surface area contributed by atoms with Crippen molar-refractivity contribution in [3.63, 3.8) is 0 Å². The monoisotopic (exact) mass is 477 g/mol. The van der Waals surface area contributed by atoms with E-state index in [1.165, 1.54) is 22.0 Å². The maximum Gasteiger partial charge on any atom is 0.273 e. The minimum Gasteiger partial charge on any atom is -0.348 e. The summed E-state index contributed by atoms with van der Waals surface area (Å²) in [6.07, 6.45) is 1.74. The van der Waals surface area contributed by atoms with Gasteiger partial charge in [0.25, 0.3) is 5.91 Å². The van der Waals surface area contributed by atoms with Gasteiger partial charge < -0.3 is 4.57 Å². The number of amides is 2. The molecule has 1 N–H and O–H groups in total. The molecule has 1 saturated heterocycles. The molecule has 2 aliphatic heterocycles. The predicted molar refractivity (Wildman–Crippen MR) is 125 cm³/mol. The fourth-order valence-electron chi connectivity index (χ4n) is 4.24. The van der Waals surface area contributed by atoms with Crippen LogP contribution in [0.15, 0.2) is 16.5 Å². The molecular weight excluding hydrogens is 450 g/mol. The van der Waals surface area contributed by atoms with E-state index in [4.69, 9.17) is 0 Å². The van der Waals surface area contributed by atoms with Gasteiger partial charge in [0.2, 0.25) is 5.91 Å². The zero-order valence-corrected chi connectivity index (χ0v) is 20.1. The second-order valence-electron chi connectivity index (χ2n) is 8.27. The molecule has 172 valence electrons. The van der Waals surface area contributed by atoms with Crippen LogP contribution in [0.1, 0.15) is 44.0 Å². The Hall–Kier alpha value is -2.53. The maximum atomic E-state index is 12.8. The summed E-state index contributed by atoms with van der Waals surface area (Å²) in [7, 11) is -3.16. The topological polar surface area (TPSA) is 114 Å². The van der Waals surface area contributed by atoms with Crippen LogP contribution in [0.3, 0.4) is 0 Å². The van der Waals surface area contributed by atoms with Crippen molar-refractivity contribution in [3.05, 3.63) is 22.8 Å². The number of sulfone groups is 1. The molecular formula is C21H27N5O4S2. The van der Waals surface area contributed by atoms with Crippen molar-refractivity contribution in [2.45, 2.75) is 59.0 Å². The van der Waals surface area contributed by atoms with E-state index >= 15 is 0 Å². The quantitative estimate of drug-likeness (QED) is 0.687. The van der Waals surface area contributed by atoms with E-state index in [0.29, 0.717) is 11.6 Å². The molecule has 2 aromatic rings. The van der Waals surface area contributed by atoms with Gasteiger partial charge in [0.15, 0.2) is 15.0 Å². The van der Waals surface area contributed by atoms with Gasteiger partial charge in [0, 0.05) is 41.7 Å². The van der Waals surface area contributed by atoms with Crippen molar-refractivity contribution in [1.82, 2.24) is 14.6 Å². The molecule has 0 aliphatic carbocycles. The molecule has 11 heteroatoms. The lowest BCUT2D eigenvalue weighted by atomic mass is 10.1. The van der Waals surface area contributed by atoms with Gasteiger partial charge in [-0.1, -0.05) is 6.92 Å². The molecule has 0 radical (unpaired) electrons. The maximum absolute atomic E-state index is 12.8. The highest BCUT2D eigenvalue weighted by Gasteiger charge is 2.37. The summed E-state index contributed by atoms with van der Waals surface area (Å²) in [6.45, 7) is 7.23. The van der Waals surface area contributed by atoms with Crippen LogP contribution in [0, 0.1) is 13.8 Å². The van der Waals surface area contributed by atoms with Gasteiger partial charge in [-0.25, -0.2) is 18.4 Å². The number of thiazole rings is 1. The highest BCUT2D eigenvalue weighted by atomic mass is 32.2. The van der Waals surface area contributed by atoms with Gasteiger partial charge in [0.05, 0.1) is 23.2 Å². The average molecular weight is 478 g/mol. The standard InChI is InChI=1S/C21H27N5O4S2/c1-4-8-25-13(2)10-16(14(25)3)18-11-31-21(22-18)23-20(28)17-5-6-19(27)26(24-17)15-7-9-32(29,30)12-15/h10-11,15H,4-9,12H2,1-3H3,(H,22,23,28)/t15-/m0/s1. The minimum atomic E-state index is -3.16. The summed E-state index contributed by atoms with van der Waals surface area (Å²) < 4.78 is 25.8. The number of hydrogen-bond donors (Lipinski definition) is 1. The molecule has 9 nitrogen and oxygen atoms in total. The molecule has 0 bridgehead atoms. The zero-order chi connectivity index (χ0) is 23.0. The molecule has 0 unspecified atom stereocenters. The Morgan fingerprint density at radius 3 is 2.78 bits per heavy atom. The van der Waals surface area contributed by atoms with Gasteiger partial charge in [-0.3, -0.25) is 14.9 Å². The number of rotatable bonds is 6. The van der Waals surface area contributed by atoms with Crippen molar-refractivity contribution >= 4 is 43.8 Å². The summed E-state index contributed by atoms with van der Waals surface area (Å²) in [5.41, 5.74) is 4.38. The van der Waals surface area contributed by atoms with Gasteiger partial charge >= 0.3 is 0 Å².